The Morgan fingerprint density at radius 3 is 3.62 bits per heavy atom. The van der Waals surface area contributed by atoms with E-state index in [1.807, 2.05) is 0 Å². The second kappa shape index (κ2) is 1.12. The Hall–Kier alpha value is -1.25. The summed E-state index contributed by atoms with van der Waals surface area (Å²) >= 11 is 0. The Labute approximate surface area is 45.6 Å². The van der Waals surface area contributed by atoms with E-state index in [9.17, 15) is 0 Å². The van der Waals surface area contributed by atoms with Crippen LogP contribution in [0.2, 0.25) is 0 Å². The highest BCUT2D eigenvalue weighted by Gasteiger charge is 1.90. The predicted molar refractivity (Wildman–Crippen MR) is 26.3 cm³/mol. The van der Waals surface area contributed by atoms with Crippen molar-refractivity contribution in [3.8, 4) is 0 Å². The van der Waals surface area contributed by atoms with Gasteiger partial charge < -0.3 is 4.42 Å². The molecule has 2 aromatic rings. The second-order valence-electron chi connectivity index (χ2n) is 1.49. The molecular weight excluding hydrogens is 104 g/mol. The van der Waals surface area contributed by atoms with E-state index in [4.69, 9.17) is 4.42 Å². The maximum absolute atomic E-state index is 4.83. The molecule has 0 atom stereocenters. The number of oxazole rings is 1. The van der Waals surface area contributed by atoms with Crippen LogP contribution in [0.5, 0.6) is 0 Å². The summed E-state index contributed by atoms with van der Waals surface area (Å²) in [5, 5.41) is 0. The van der Waals surface area contributed by atoms with Gasteiger partial charge in [0.15, 0.2) is 6.26 Å². The molecule has 0 saturated heterocycles. The Balaban J connectivity index is 3.06. The van der Waals surface area contributed by atoms with E-state index in [0.29, 0.717) is 0 Å². The van der Waals surface area contributed by atoms with Crippen LogP contribution >= 0.6 is 0 Å². The maximum atomic E-state index is 4.83. The monoisotopic (exact) mass is 107 g/mol. The molecule has 1 radical (unpaired) electrons. The quantitative estimate of drug-likeness (QED) is 0.496. The van der Waals surface area contributed by atoms with Crippen LogP contribution in [0.25, 0.3) is 5.71 Å². The van der Waals surface area contributed by atoms with Gasteiger partial charge in [-0.3, -0.25) is 4.40 Å². The molecule has 0 saturated carbocycles. The van der Waals surface area contributed by atoms with Crippen molar-refractivity contribution in [3.63, 3.8) is 0 Å². The van der Waals surface area contributed by atoms with Crippen molar-refractivity contribution < 1.29 is 4.42 Å². The first-order valence-corrected chi connectivity index (χ1v) is 2.24. The van der Waals surface area contributed by atoms with Crippen LogP contribution < -0.4 is 0 Å². The van der Waals surface area contributed by atoms with Gasteiger partial charge in [-0.2, -0.15) is 0 Å². The van der Waals surface area contributed by atoms with Crippen LogP contribution in [0, 0.1) is 6.26 Å². The SMILES string of the molecule is [c]1cn2cncc2o1. The molecule has 2 aromatic heterocycles. The number of imidazole rings is 1. The van der Waals surface area contributed by atoms with Crippen LogP contribution in [-0.4, -0.2) is 9.38 Å². The van der Waals surface area contributed by atoms with Gasteiger partial charge in [-0.15, -0.1) is 0 Å². The molecule has 2 heterocycles. The Bertz CT molecular complexity index is 232. The molecule has 0 aromatic carbocycles. The summed E-state index contributed by atoms with van der Waals surface area (Å²) in [6.07, 6.45) is 7.55. The smallest absolute Gasteiger partial charge is 0.224 e. The minimum Gasteiger partial charge on any atom is -0.433 e. The van der Waals surface area contributed by atoms with E-state index in [-0.39, 0.29) is 0 Å². The van der Waals surface area contributed by atoms with Crippen LogP contribution in [0.4, 0.5) is 0 Å². The van der Waals surface area contributed by atoms with E-state index in [1.54, 1.807) is 23.1 Å². The Kier molecular flexibility index (Phi) is 0.521. The zero-order valence-electron chi connectivity index (χ0n) is 4.03. The lowest BCUT2D eigenvalue weighted by Gasteiger charge is -1.69. The van der Waals surface area contributed by atoms with Crippen molar-refractivity contribution in [1.29, 1.82) is 0 Å². The lowest BCUT2D eigenvalue weighted by molar-refractivity contribution is 0.599. The number of rotatable bonds is 0. The molecule has 3 nitrogen and oxygen atoms in total. The lowest BCUT2D eigenvalue weighted by Crippen LogP contribution is -1.66. The molecule has 0 unspecified atom stereocenters. The molecule has 0 N–H and O–H groups in total. The normalized spacial score (nSPS) is 10.5. The van der Waals surface area contributed by atoms with Crippen molar-refractivity contribution in [2.24, 2.45) is 0 Å². The minimum absolute atomic E-state index is 0.727. The summed E-state index contributed by atoms with van der Waals surface area (Å²) in [5.41, 5.74) is 0.727. The molecule has 0 amide bonds. The summed E-state index contributed by atoms with van der Waals surface area (Å²) in [4.78, 5) is 3.81. The molecule has 0 bridgehead atoms. The molecule has 0 spiro atoms. The third kappa shape index (κ3) is 0.307. The van der Waals surface area contributed by atoms with Crippen LogP contribution in [-0.2, 0) is 0 Å². The van der Waals surface area contributed by atoms with E-state index in [2.05, 4.69) is 11.2 Å². The topological polar surface area (TPSA) is 30.4 Å². The highest BCUT2D eigenvalue weighted by atomic mass is 16.3. The number of nitrogens with zero attached hydrogens (tertiary/aromatic N) is 2. The summed E-state index contributed by atoms with van der Waals surface area (Å²) in [6, 6.07) is 0. The van der Waals surface area contributed by atoms with Gasteiger partial charge in [-0.1, -0.05) is 0 Å². The van der Waals surface area contributed by atoms with Crippen molar-refractivity contribution in [3.05, 3.63) is 25.0 Å². The fraction of sp³-hybridized carbons (Fsp3) is 0. The van der Waals surface area contributed by atoms with Crippen molar-refractivity contribution in [1.82, 2.24) is 9.38 Å². The van der Waals surface area contributed by atoms with Crippen LogP contribution in [0.1, 0.15) is 0 Å². The second-order valence-corrected chi connectivity index (χ2v) is 1.49. The van der Waals surface area contributed by atoms with Crippen molar-refractivity contribution >= 4 is 5.71 Å². The highest BCUT2D eigenvalue weighted by Crippen LogP contribution is 1.98. The molecular formula is C5H3N2O. The maximum Gasteiger partial charge on any atom is 0.224 e. The summed E-state index contributed by atoms with van der Waals surface area (Å²) < 4.78 is 6.58. The molecule has 0 fully saturated rings. The van der Waals surface area contributed by atoms with Gasteiger partial charge in [-0.05, 0) is 0 Å². The molecule has 39 valence electrons. The molecule has 0 aliphatic carbocycles. The Morgan fingerprint density at radius 1 is 1.75 bits per heavy atom. The molecule has 3 heteroatoms. The number of hydrogen-bond donors (Lipinski definition) is 0. The fourth-order valence-corrected chi connectivity index (χ4v) is 0.612. The van der Waals surface area contributed by atoms with Gasteiger partial charge in [-0.25, -0.2) is 4.98 Å². The van der Waals surface area contributed by atoms with Gasteiger partial charge in [0, 0.05) is 0 Å². The third-order valence-electron chi connectivity index (χ3n) is 0.986. The zero-order chi connectivity index (χ0) is 5.40. The van der Waals surface area contributed by atoms with E-state index >= 15 is 0 Å². The lowest BCUT2D eigenvalue weighted by atomic mass is 10.9. The summed E-state index contributed by atoms with van der Waals surface area (Å²) in [6.45, 7) is 0. The van der Waals surface area contributed by atoms with Gasteiger partial charge in [0.1, 0.15) is 6.33 Å². The van der Waals surface area contributed by atoms with Crippen LogP contribution in [0.3, 0.4) is 0 Å². The van der Waals surface area contributed by atoms with Crippen molar-refractivity contribution in [2.45, 2.75) is 0 Å². The average molecular weight is 107 g/mol. The molecule has 0 aliphatic rings. The molecule has 0 aliphatic heterocycles. The highest BCUT2D eigenvalue weighted by molar-refractivity contribution is 5.28. The number of fused-ring (bicyclic) bond motifs is 1. The van der Waals surface area contributed by atoms with Gasteiger partial charge in [0.2, 0.25) is 5.71 Å². The molecule has 2 rings (SSSR count). The average Bonchev–Trinajstić information content (AvgIpc) is 2.15. The van der Waals surface area contributed by atoms with Crippen LogP contribution in [0.15, 0.2) is 23.1 Å². The summed E-state index contributed by atoms with van der Waals surface area (Å²) in [5.74, 6) is 0. The van der Waals surface area contributed by atoms with E-state index in [0.717, 1.165) is 5.71 Å². The fourth-order valence-electron chi connectivity index (χ4n) is 0.612. The third-order valence-corrected chi connectivity index (χ3v) is 0.986. The Morgan fingerprint density at radius 2 is 2.75 bits per heavy atom. The first-order chi connectivity index (χ1) is 3.97. The largest absolute Gasteiger partial charge is 0.433 e. The predicted octanol–water partition coefficient (Wildman–Crippen LogP) is 0.727. The van der Waals surface area contributed by atoms with Gasteiger partial charge >= 0.3 is 0 Å². The standard InChI is InChI=1S/C5H3N2O/c1-2-8-5-3-6-4-7(1)5/h1,3-4H. The molecule has 8 heavy (non-hydrogen) atoms. The minimum atomic E-state index is 0.727. The van der Waals surface area contributed by atoms with E-state index < -0.39 is 0 Å². The zero-order valence-corrected chi connectivity index (χ0v) is 4.03. The first kappa shape index (κ1) is 3.72. The van der Waals surface area contributed by atoms with E-state index in [1.165, 1.54) is 0 Å². The van der Waals surface area contributed by atoms with Gasteiger partial charge in [0.25, 0.3) is 0 Å². The number of hydrogen-bond acceptors (Lipinski definition) is 2. The number of aromatic nitrogens is 2. The van der Waals surface area contributed by atoms with Crippen molar-refractivity contribution in [2.75, 3.05) is 0 Å². The first-order valence-electron chi connectivity index (χ1n) is 2.24. The summed E-state index contributed by atoms with van der Waals surface area (Å²) in [7, 11) is 0. The van der Waals surface area contributed by atoms with Gasteiger partial charge in [0.05, 0.1) is 12.4 Å².